The Labute approximate surface area is 115 Å². The van der Waals surface area contributed by atoms with Gasteiger partial charge in [-0.15, -0.1) is 0 Å². The highest BCUT2D eigenvalue weighted by molar-refractivity contribution is 6.36. The maximum Gasteiger partial charge on any atom is 0.131 e. The van der Waals surface area contributed by atoms with Crippen molar-refractivity contribution in [2.24, 2.45) is 5.73 Å². The van der Waals surface area contributed by atoms with Crippen LogP contribution >= 0.6 is 23.2 Å². The Hall–Kier alpha value is -1.09. The maximum atomic E-state index is 14.0. The zero-order valence-corrected chi connectivity index (χ0v) is 11.1. The lowest BCUT2D eigenvalue weighted by molar-refractivity contribution is 0.629. The monoisotopic (exact) mass is 283 g/mol. The minimum atomic E-state index is -0.301. The van der Waals surface area contributed by atoms with Crippen LogP contribution in [0.2, 0.25) is 10.0 Å². The van der Waals surface area contributed by atoms with E-state index >= 15 is 0 Å². The fraction of sp³-hybridized carbons (Fsp3) is 0.143. The van der Waals surface area contributed by atoms with E-state index in [0.717, 1.165) is 5.56 Å². The summed E-state index contributed by atoms with van der Waals surface area (Å²) < 4.78 is 14.0. The predicted molar refractivity (Wildman–Crippen MR) is 74.6 cm³/mol. The van der Waals surface area contributed by atoms with Gasteiger partial charge < -0.3 is 5.73 Å². The zero-order chi connectivity index (χ0) is 13.1. The van der Waals surface area contributed by atoms with Crippen LogP contribution in [0.25, 0.3) is 11.1 Å². The van der Waals surface area contributed by atoms with Gasteiger partial charge in [0.15, 0.2) is 0 Å². The van der Waals surface area contributed by atoms with Gasteiger partial charge in [0, 0.05) is 21.2 Å². The summed E-state index contributed by atoms with van der Waals surface area (Å²) in [5.41, 5.74) is 7.54. The highest BCUT2D eigenvalue weighted by Gasteiger charge is 2.13. The number of rotatable bonds is 3. The number of nitrogens with two attached hydrogens (primary N) is 1. The molecule has 2 N–H and O–H groups in total. The number of benzene rings is 2. The molecule has 0 aliphatic heterocycles. The fourth-order valence-corrected chi connectivity index (χ4v) is 2.43. The Morgan fingerprint density at radius 3 is 2.56 bits per heavy atom. The van der Waals surface area contributed by atoms with E-state index in [1.54, 1.807) is 24.3 Å². The second-order valence-corrected chi connectivity index (χ2v) is 4.78. The number of halogens is 3. The van der Waals surface area contributed by atoms with Crippen molar-refractivity contribution in [1.29, 1.82) is 0 Å². The molecule has 18 heavy (non-hydrogen) atoms. The molecule has 0 saturated carbocycles. The van der Waals surface area contributed by atoms with Crippen molar-refractivity contribution in [3.63, 3.8) is 0 Å². The molecule has 2 aromatic carbocycles. The summed E-state index contributed by atoms with van der Waals surface area (Å²) in [4.78, 5) is 0. The molecule has 1 nitrogen and oxygen atoms in total. The Balaban J connectivity index is 2.62. The van der Waals surface area contributed by atoms with Gasteiger partial charge in [-0.1, -0.05) is 41.4 Å². The quantitative estimate of drug-likeness (QED) is 0.893. The second kappa shape index (κ2) is 5.70. The van der Waals surface area contributed by atoms with Crippen LogP contribution in [0.3, 0.4) is 0 Å². The molecular weight excluding hydrogens is 272 g/mol. The summed E-state index contributed by atoms with van der Waals surface area (Å²) in [6.45, 7) is 0.460. The number of hydrogen-bond acceptors (Lipinski definition) is 1. The van der Waals surface area contributed by atoms with Gasteiger partial charge in [0.2, 0.25) is 0 Å². The first-order valence-electron chi connectivity index (χ1n) is 5.56. The van der Waals surface area contributed by atoms with Crippen molar-refractivity contribution in [1.82, 2.24) is 0 Å². The lowest BCUT2D eigenvalue weighted by Crippen LogP contribution is -2.05. The van der Waals surface area contributed by atoms with Crippen LogP contribution in [0.4, 0.5) is 4.39 Å². The van der Waals surface area contributed by atoms with E-state index in [1.807, 2.05) is 6.07 Å². The molecule has 2 aromatic rings. The zero-order valence-electron chi connectivity index (χ0n) is 9.59. The molecule has 0 atom stereocenters. The molecule has 0 spiro atoms. The van der Waals surface area contributed by atoms with E-state index in [2.05, 4.69) is 0 Å². The summed E-state index contributed by atoms with van der Waals surface area (Å²) in [5, 5.41) is 0.964. The molecule has 0 aliphatic rings. The first kappa shape index (κ1) is 13.3. The molecule has 0 bridgehead atoms. The maximum absolute atomic E-state index is 14.0. The molecule has 0 aliphatic carbocycles. The van der Waals surface area contributed by atoms with Crippen LogP contribution in [0, 0.1) is 5.82 Å². The Kier molecular flexibility index (Phi) is 4.23. The number of hydrogen-bond donors (Lipinski definition) is 1. The van der Waals surface area contributed by atoms with Gasteiger partial charge in [0.1, 0.15) is 5.82 Å². The molecule has 2 rings (SSSR count). The minimum absolute atomic E-state index is 0.301. The average Bonchev–Trinajstić information content (AvgIpc) is 2.31. The molecule has 0 saturated heterocycles. The topological polar surface area (TPSA) is 26.0 Å². The summed E-state index contributed by atoms with van der Waals surface area (Å²) >= 11 is 12.0. The van der Waals surface area contributed by atoms with Crippen molar-refractivity contribution in [2.75, 3.05) is 6.54 Å². The highest BCUT2D eigenvalue weighted by atomic mass is 35.5. The predicted octanol–water partition coefficient (Wildman–Crippen LogP) is 4.30. The van der Waals surface area contributed by atoms with Crippen LogP contribution in [0.15, 0.2) is 36.4 Å². The normalized spacial score (nSPS) is 10.7. The minimum Gasteiger partial charge on any atom is -0.330 e. The lowest BCUT2D eigenvalue weighted by Gasteiger charge is -2.12. The molecule has 94 valence electrons. The van der Waals surface area contributed by atoms with Crippen molar-refractivity contribution in [2.45, 2.75) is 6.42 Å². The van der Waals surface area contributed by atoms with E-state index in [1.165, 1.54) is 6.07 Å². The molecule has 0 radical (unpaired) electrons. The van der Waals surface area contributed by atoms with E-state index in [4.69, 9.17) is 28.9 Å². The van der Waals surface area contributed by atoms with Gasteiger partial charge in [-0.25, -0.2) is 4.39 Å². The van der Waals surface area contributed by atoms with Crippen molar-refractivity contribution >= 4 is 23.2 Å². The molecule has 0 aromatic heterocycles. The highest BCUT2D eigenvalue weighted by Crippen LogP contribution is 2.34. The molecule has 0 amide bonds. The molecule has 4 heteroatoms. The summed E-state index contributed by atoms with van der Waals surface area (Å²) in [6, 6.07) is 9.98. The molecule has 0 fully saturated rings. The third-order valence-corrected chi connectivity index (χ3v) is 3.26. The van der Waals surface area contributed by atoms with Crippen LogP contribution in [0.1, 0.15) is 5.56 Å². The van der Waals surface area contributed by atoms with E-state index in [9.17, 15) is 4.39 Å². The van der Waals surface area contributed by atoms with Gasteiger partial charge in [0.05, 0.1) is 0 Å². The molecular formula is C14H12Cl2FN. The first-order valence-corrected chi connectivity index (χ1v) is 6.32. The molecule has 0 unspecified atom stereocenters. The van der Waals surface area contributed by atoms with Crippen molar-refractivity contribution in [3.8, 4) is 11.1 Å². The van der Waals surface area contributed by atoms with Gasteiger partial charge in [-0.2, -0.15) is 0 Å². The van der Waals surface area contributed by atoms with Gasteiger partial charge in [0.25, 0.3) is 0 Å². The van der Waals surface area contributed by atoms with Crippen molar-refractivity contribution < 1.29 is 4.39 Å². The summed E-state index contributed by atoms with van der Waals surface area (Å²) in [7, 11) is 0. The Morgan fingerprint density at radius 2 is 1.89 bits per heavy atom. The second-order valence-electron chi connectivity index (χ2n) is 3.94. The van der Waals surface area contributed by atoms with E-state index in [0.29, 0.717) is 34.1 Å². The Morgan fingerprint density at radius 1 is 1.11 bits per heavy atom. The van der Waals surface area contributed by atoms with E-state index in [-0.39, 0.29) is 5.82 Å². The van der Waals surface area contributed by atoms with Gasteiger partial charge >= 0.3 is 0 Å². The summed E-state index contributed by atoms with van der Waals surface area (Å²) in [6.07, 6.45) is 0.603. The van der Waals surface area contributed by atoms with E-state index < -0.39 is 0 Å². The smallest absolute Gasteiger partial charge is 0.131 e. The van der Waals surface area contributed by atoms with Crippen LogP contribution in [-0.4, -0.2) is 6.54 Å². The van der Waals surface area contributed by atoms with Crippen LogP contribution in [-0.2, 0) is 6.42 Å². The summed E-state index contributed by atoms with van der Waals surface area (Å²) in [5.74, 6) is -0.301. The van der Waals surface area contributed by atoms with Gasteiger partial charge in [-0.05, 0) is 36.7 Å². The first-order chi connectivity index (χ1) is 8.63. The fourth-order valence-electron chi connectivity index (χ4n) is 1.93. The van der Waals surface area contributed by atoms with Gasteiger partial charge in [-0.3, -0.25) is 0 Å². The van der Waals surface area contributed by atoms with Crippen molar-refractivity contribution in [3.05, 3.63) is 57.8 Å². The van der Waals surface area contributed by atoms with Crippen LogP contribution < -0.4 is 5.73 Å². The standard InChI is InChI=1S/C14H12Cl2FN/c15-10-4-5-11(12(16)8-10)14-9(6-7-18)2-1-3-13(14)17/h1-5,8H,6-7,18H2. The largest absolute Gasteiger partial charge is 0.330 e. The average molecular weight is 284 g/mol. The van der Waals surface area contributed by atoms with Crippen LogP contribution in [0.5, 0.6) is 0 Å². The lowest BCUT2D eigenvalue weighted by atomic mass is 9.97. The third-order valence-electron chi connectivity index (χ3n) is 2.71. The Bertz CT molecular complexity index is 570. The third kappa shape index (κ3) is 2.66. The molecule has 0 heterocycles. The SMILES string of the molecule is NCCc1cccc(F)c1-c1ccc(Cl)cc1Cl.